The highest BCUT2D eigenvalue weighted by Gasteiger charge is 2.02. The van der Waals surface area contributed by atoms with E-state index in [1.54, 1.807) is 0 Å². The molecule has 2 aromatic carbocycles. The van der Waals surface area contributed by atoms with Gasteiger partial charge in [0.25, 0.3) is 0 Å². The Morgan fingerprint density at radius 1 is 0.900 bits per heavy atom. The van der Waals surface area contributed by atoms with Crippen LogP contribution in [-0.2, 0) is 0 Å². The molecule has 4 nitrogen and oxygen atoms in total. The summed E-state index contributed by atoms with van der Waals surface area (Å²) in [5.74, 6) is 5.56. The monoisotopic (exact) mass is 268 g/mol. The summed E-state index contributed by atoms with van der Waals surface area (Å²) in [6.45, 7) is 0. The minimum absolute atomic E-state index is 0.336. The zero-order chi connectivity index (χ0) is 14.8. The molecule has 0 radical (unpaired) electrons. The van der Waals surface area contributed by atoms with Gasteiger partial charge >= 0.3 is 0 Å². The lowest BCUT2D eigenvalue weighted by molar-refractivity contribution is 1.23. The average Bonchev–Trinajstić information content (AvgIpc) is 2.55. The Hall–Kier alpha value is -2.59. The third-order valence-corrected chi connectivity index (χ3v) is 2.63. The maximum absolute atomic E-state index is 5.76. The van der Waals surface area contributed by atoms with Crippen molar-refractivity contribution in [2.45, 2.75) is 0 Å². The minimum atomic E-state index is 0.336. The molecule has 0 bridgehead atoms. The summed E-state index contributed by atoms with van der Waals surface area (Å²) in [4.78, 5) is 0. The molecule has 20 heavy (non-hydrogen) atoms. The molecule has 0 aliphatic heterocycles. The van der Waals surface area contributed by atoms with Crippen LogP contribution >= 0.6 is 0 Å². The lowest BCUT2D eigenvalue weighted by Gasteiger charge is -2.03. The predicted molar refractivity (Wildman–Crippen MR) is 86.8 cm³/mol. The molecule has 0 aliphatic rings. The standard InChI is InChI=1S/C15H15N3.CH5N/c16-15(18-17)14-9-5-4-8-13(14)11-10-12-6-2-1-3-7-12;1-2/h1-11H,17H2,(H2,16,18);2H2,1H3/b11-10+;. The molecule has 6 N–H and O–H groups in total. The third-order valence-electron chi connectivity index (χ3n) is 2.63. The summed E-state index contributed by atoms with van der Waals surface area (Å²) in [5.41, 5.74) is 13.2. The van der Waals surface area contributed by atoms with Crippen LogP contribution in [0.4, 0.5) is 0 Å². The number of nitrogens with zero attached hydrogens (tertiary/aromatic N) is 1. The van der Waals surface area contributed by atoms with Crippen LogP contribution in [0.2, 0.25) is 0 Å². The molecule has 4 heteroatoms. The van der Waals surface area contributed by atoms with E-state index in [0.29, 0.717) is 5.84 Å². The van der Waals surface area contributed by atoms with Gasteiger partial charge in [-0.25, -0.2) is 0 Å². The topological polar surface area (TPSA) is 90.4 Å². The minimum Gasteiger partial charge on any atom is -0.382 e. The molecule has 0 unspecified atom stereocenters. The molecule has 104 valence electrons. The molecule has 0 aliphatic carbocycles. The molecule has 0 saturated heterocycles. The van der Waals surface area contributed by atoms with Crippen LogP contribution in [0.15, 0.2) is 59.7 Å². The lowest BCUT2D eigenvalue weighted by atomic mass is 10.1. The molecule has 2 aromatic rings. The molecule has 0 aromatic heterocycles. The van der Waals surface area contributed by atoms with Gasteiger partial charge in [0.1, 0.15) is 0 Å². The van der Waals surface area contributed by atoms with E-state index in [0.717, 1.165) is 16.7 Å². The molecular formula is C16H20N4. The number of hydrogen-bond acceptors (Lipinski definition) is 3. The Labute approximate surface area is 119 Å². The molecule has 0 atom stereocenters. The normalized spacial score (nSPS) is 11.0. The second-order valence-electron chi connectivity index (χ2n) is 3.85. The maximum Gasteiger partial charge on any atom is 0.150 e. The highest BCUT2D eigenvalue weighted by Crippen LogP contribution is 2.13. The maximum atomic E-state index is 5.76. The van der Waals surface area contributed by atoms with Gasteiger partial charge in [0.2, 0.25) is 0 Å². The van der Waals surface area contributed by atoms with Gasteiger partial charge in [-0.2, -0.15) is 5.10 Å². The van der Waals surface area contributed by atoms with Crippen LogP contribution in [0.25, 0.3) is 12.2 Å². The first-order valence-corrected chi connectivity index (χ1v) is 6.25. The molecule has 0 amide bonds. The van der Waals surface area contributed by atoms with Crippen molar-refractivity contribution < 1.29 is 0 Å². The number of amidine groups is 1. The smallest absolute Gasteiger partial charge is 0.150 e. The van der Waals surface area contributed by atoms with E-state index in [2.05, 4.69) is 10.8 Å². The van der Waals surface area contributed by atoms with E-state index in [4.69, 9.17) is 11.6 Å². The number of nitrogens with two attached hydrogens (primary N) is 3. The lowest BCUT2D eigenvalue weighted by Crippen LogP contribution is -2.16. The average molecular weight is 268 g/mol. The second-order valence-corrected chi connectivity index (χ2v) is 3.85. The Kier molecular flexibility index (Phi) is 6.57. The third kappa shape index (κ3) is 4.26. The van der Waals surface area contributed by atoms with Crippen molar-refractivity contribution in [3.8, 4) is 0 Å². The van der Waals surface area contributed by atoms with Crippen LogP contribution in [0.5, 0.6) is 0 Å². The summed E-state index contributed by atoms with van der Waals surface area (Å²) in [7, 11) is 1.50. The summed E-state index contributed by atoms with van der Waals surface area (Å²) >= 11 is 0. The fraction of sp³-hybridized carbons (Fsp3) is 0.0625. The van der Waals surface area contributed by atoms with Crippen LogP contribution in [0.1, 0.15) is 16.7 Å². The SMILES string of the molecule is CN.N/N=C(\N)c1ccccc1/C=C/c1ccccc1. The Balaban J connectivity index is 0.000000956. The van der Waals surface area contributed by atoms with Crippen molar-refractivity contribution >= 4 is 18.0 Å². The zero-order valence-electron chi connectivity index (χ0n) is 11.5. The van der Waals surface area contributed by atoms with Crippen LogP contribution in [-0.4, -0.2) is 12.9 Å². The zero-order valence-corrected chi connectivity index (χ0v) is 11.5. The summed E-state index contributed by atoms with van der Waals surface area (Å²) in [6, 6.07) is 17.8. The molecule has 0 fully saturated rings. The largest absolute Gasteiger partial charge is 0.382 e. The van der Waals surface area contributed by atoms with Crippen molar-refractivity contribution in [3.05, 3.63) is 71.3 Å². The van der Waals surface area contributed by atoms with E-state index in [-0.39, 0.29) is 0 Å². The van der Waals surface area contributed by atoms with E-state index in [9.17, 15) is 0 Å². The predicted octanol–water partition coefficient (Wildman–Crippen LogP) is 2.01. The van der Waals surface area contributed by atoms with Crippen molar-refractivity contribution in [1.82, 2.24) is 0 Å². The van der Waals surface area contributed by atoms with Crippen LogP contribution in [0.3, 0.4) is 0 Å². The number of rotatable bonds is 3. The Bertz CT molecular complexity index is 574. The van der Waals surface area contributed by atoms with Gasteiger partial charge in [0, 0.05) is 5.56 Å². The van der Waals surface area contributed by atoms with Crippen LogP contribution < -0.4 is 17.3 Å². The van der Waals surface area contributed by atoms with Gasteiger partial charge < -0.3 is 17.3 Å². The van der Waals surface area contributed by atoms with Gasteiger partial charge in [-0.15, -0.1) is 0 Å². The highest BCUT2D eigenvalue weighted by atomic mass is 15.2. The first-order chi connectivity index (χ1) is 9.81. The van der Waals surface area contributed by atoms with Crippen molar-refractivity contribution in [1.29, 1.82) is 0 Å². The molecule has 2 rings (SSSR count). The molecule has 0 spiro atoms. The molecule has 0 heterocycles. The van der Waals surface area contributed by atoms with Gasteiger partial charge in [-0.1, -0.05) is 66.7 Å². The van der Waals surface area contributed by atoms with Crippen molar-refractivity contribution in [3.63, 3.8) is 0 Å². The second kappa shape index (κ2) is 8.50. The van der Waals surface area contributed by atoms with Gasteiger partial charge in [-0.3, -0.25) is 0 Å². The van der Waals surface area contributed by atoms with E-state index in [1.165, 1.54) is 7.05 Å². The number of benzene rings is 2. The van der Waals surface area contributed by atoms with Gasteiger partial charge in [0.15, 0.2) is 5.84 Å². The fourth-order valence-corrected chi connectivity index (χ4v) is 1.70. The van der Waals surface area contributed by atoms with Gasteiger partial charge in [0.05, 0.1) is 0 Å². The number of hydrazone groups is 1. The van der Waals surface area contributed by atoms with Crippen molar-refractivity contribution in [2.24, 2.45) is 22.4 Å². The first-order valence-electron chi connectivity index (χ1n) is 6.25. The Morgan fingerprint density at radius 3 is 2.15 bits per heavy atom. The summed E-state index contributed by atoms with van der Waals surface area (Å²) in [5, 5.41) is 3.53. The summed E-state index contributed by atoms with van der Waals surface area (Å²) in [6.07, 6.45) is 4.03. The van der Waals surface area contributed by atoms with E-state index in [1.807, 2.05) is 66.7 Å². The fourth-order valence-electron chi connectivity index (χ4n) is 1.70. The van der Waals surface area contributed by atoms with Crippen molar-refractivity contribution in [2.75, 3.05) is 7.05 Å². The Morgan fingerprint density at radius 2 is 1.50 bits per heavy atom. The highest BCUT2D eigenvalue weighted by molar-refractivity contribution is 6.01. The van der Waals surface area contributed by atoms with E-state index >= 15 is 0 Å². The summed E-state index contributed by atoms with van der Waals surface area (Å²) < 4.78 is 0. The molecule has 0 saturated carbocycles. The quantitative estimate of drug-likeness (QED) is 0.261. The number of hydrogen-bond donors (Lipinski definition) is 3. The van der Waals surface area contributed by atoms with Crippen LogP contribution in [0, 0.1) is 0 Å². The molecular weight excluding hydrogens is 248 g/mol. The first kappa shape index (κ1) is 15.5. The van der Waals surface area contributed by atoms with Gasteiger partial charge in [-0.05, 0) is 18.2 Å². The van der Waals surface area contributed by atoms with E-state index < -0.39 is 0 Å².